The number of nitrogens with one attached hydrogen (secondary N) is 1. The molecule has 1 aromatic heterocycles. The maximum absolute atomic E-state index is 12.0. The van der Waals surface area contributed by atoms with Crippen molar-refractivity contribution in [3.8, 4) is 0 Å². The Morgan fingerprint density at radius 3 is 2.35 bits per heavy atom. The van der Waals surface area contributed by atoms with Gasteiger partial charge in [-0.15, -0.1) is 11.3 Å². The average Bonchev–Trinajstić information content (AvgIpc) is 2.83. The first-order chi connectivity index (χ1) is 9.40. The summed E-state index contributed by atoms with van der Waals surface area (Å²) in [6.45, 7) is 5.09. The van der Waals surface area contributed by atoms with Gasteiger partial charge in [-0.3, -0.25) is 4.79 Å². The summed E-state index contributed by atoms with van der Waals surface area (Å²) in [6, 6.07) is 3.18. The van der Waals surface area contributed by atoms with Crippen molar-refractivity contribution in [3.05, 3.63) is 15.9 Å². The largest absolute Gasteiger partial charge is 0.342 e. The molecule has 0 atom stereocenters. The molecule has 0 spiro atoms. The zero-order valence-corrected chi connectivity index (χ0v) is 14.8. The summed E-state index contributed by atoms with van der Waals surface area (Å²) in [5.74, 6) is -0.187. The molecular formula is C12H19BrN2O3S2. The van der Waals surface area contributed by atoms with Crippen molar-refractivity contribution in [1.29, 1.82) is 0 Å². The molecule has 0 aromatic carbocycles. The lowest BCUT2D eigenvalue weighted by Gasteiger charge is -2.21. The van der Waals surface area contributed by atoms with E-state index in [-0.39, 0.29) is 16.7 Å². The van der Waals surface area contributed by atoms with Gasteiger partial charge in [0, 0.05) is 13.1 Å². The summed E-state index contributed by atoms with van der Waals surface area (Å²) in [7, 11) is -3.61. The number of hydrogen-bond donors (Lipinski definition) is 1. The van der Waals surface area contributed by atoms with Crippen LogP contribution >= 0.6 is 27.3 Å². The molecular weight excluding hydrogens is 364 g/mol. The minimum absolute atomic E-state index is 0.187. The summed E-state index contributed by atoms with van der Waals surface area (Å²) in [5, 5.41) is 0. The van der Waals surface area contributed by atoms with Crippen molar-refractivity contribution < 1.29 is 13.2 Å². The van der Waals surface area contributed by atoms with Crippen molar-refractivity contribution in [2.75, 3.05) is 19.6 Å². The van der Waals surface area contributed by atoms with Crippen molar-refractivity contribution in [2.45, 2.75) is 30.9 Å². The lowest BCUT2D eigenvalue weighted by atomic mass is 10.3. The number of carbonyl (C=O) groups is 1. The fourth-order valence-corrected chi connectivity index (χ4v) is 4.71. The molecule has 0 saturated heterocycles. The van der Waals surface area contributed by atoms with Gasteiger partial charge in [-0.05, 0) is 40.9 Å². The lowest BCUT2D eigenvalue weighted by molar-refractivity contribution is -0.130. The zero-order chi connectivity index (χ0) is 15.2. The summed E-state index contributed by atoms with van der Waals surface area (Å²) >= 11 is 4.34. The van der Waals surface area contributed by atoms with E-state index in [0.717, 1.165) is 28.0 Å². The molecule has 0 saturated carbocycles. The molecule has 1 N–H and O–H groups in total. The smallest absolute Gasteiger partial charge is 0.250 e. The number of nitrogens with zero attached hydrogens (tertiary/aromatic N) is 1. The number of hydrogen-bond acceptors (Lipinski definition) is 4. The summed E-state index contributed by atoms with van der Waals surface area (Å²) in [4.78, 5) is 13.7. The number of halogens is 1. The Morgan fingerprint density at radius 1 is 1.30 bits per heavy atom. The average molecular weight is 383 g/mol. The molecule has 0 unspecified atom stereocenters. The third-order valence-electron chi connectivity index (χ3n) is 2.57. The molecule has 0 bridgehead atoms. The molecule has 1 rings (SSSR count). The molecule has 8 heteroatoms. The Balaban J connectivity index is 2.63. The summed E-state index contributed by atoms with van der Waals surface area (Å²) < 4.78 is 27.3. The van der Waals surface area contributed by atoms with Gasteiger partial charge in [0.2, 0.25) is 5.91 Å². The molecule has 0 aliphatic rings. The molecule has 1 heterocycles. The predicted octanol–water partition coefficient (Wildman–Crippen LogP) is 2.44. The van der Waals surface area contributed by atoms with Crippen LogP contribution < -0.4 is 4.72 Å². The topological polar surface area (TPSA) is 66.5 Å². The highest BCUT2D eigenvalue weighted by Crippen LogP contribution is 2.25. The zero-order valence-electron chi connectivity index (χ0n) is 11.6. The van der Waals surface area contributed by atoms with Gasteiger partial charge in [0.05, 0.1) is 10.3 Å². The second-order valence-electron chi connectivity index (χ2n) is 4.26. The SMILES string of the molecule is CCCN(CCC)C(=O)CNS(=O)(=O)c1ccc(Br)s1. The highest BCUT2D eigenvalue weighted by atomic mass is 79.9. The quantitative estimate of drug-likeness (QED) is 0.750. The van der Waals surface area contributed by atoms with E-state index >= 15 is 0 Å². The van der Waals surface area contributed by atoms with Gasteiger partial charge >= 0.3 is 0 Å². The minimum atomic E-state index is -3.61. The molecule has 0 aliphatic carbocycles. The molecule has 1 aromatic rings. The van der Waals surface area contributed by atoms with Crippen LogP contribution in [-0.2, 0) is 14.8 Å². The Bertz CT molecular complexity index is 537. The Kier molecular flexibility index (Phi) is 7.14. The molecule has 0 aliphatic heterocycles. The van der Waals surface area contributed by atoms with Gasteiger partial charge in [-0.25, -0.2) is 13.1 Å². The molecule has 1 amide bonds. The monoisotopic (exact) mass is 382 g/mol. The van der Waals surface area contributed by atoms with Gasteiger partial charge in [0.25, 0.3) is 10.0 Å². The van der Waals surface area contributed by atoms with Crippen LogP contribution in [0.2, 0.25) is 0 Å². The minimum Gasteiger partial charge on any atom is -0.342 e. The first-order valence-corrected chi connectivity index (χ1v) is 9.52. The van der Waals surface area contributed by atoms with E-state index in [1.54, 1.807) is 11.0 Å². The molecule has 0 fully saturated rings. The Hall–Kier alpha value is -0.440. The van der Waals surface area contributed by atoms with Crippen LogP contribution in [-0.4, -0.2) is 38.9 Å². The molecule has 20 heavy (non-hydrogen) atoms. The highest BCUT2D eigenvalue weighted by Gasteiger charge is 2.19. The van der Waals surface area contributed by atoms with E-state index in [9.17, 15) is 13.2 Å². The second-order valence-corrected chi connectivity index (χ2v) is 8.72. The van der Waals surface area contributed by atoms with Crippen LogP contribution in [0.4, 0.5) is 0 Å². The van der Waals surface area contributed by atoms with Crippen molar-refractivity contribution >= 4 is 43.2 Å². The van der Waals surface area contributed by atoms with E-state index < -0.39 is 10.0 Å². The number of sulfonamides is 1. The van der Waals surface area contributed by atoms with E-state index in [0.29, 0.717) is 13.1 Å². The van der Waals surface area contributed by atoms with Crippen molar-refractivity contribution in [3.63, 3.8) is 0 Å². The fraction of sp³-hybridized carbons (Fsp3) is 0.583. The van der Waals surface area contributed by atoms with Crippen LogP contribution in [0.25, 0.3) is 0 Å². The number of carbonyl (C=O) groups excluding carboxylic acids is 1. The van der Waals surface area contributed by atoms with Gasteiger partial charge in [-0.2, -0.15) is 0 Å². The Labute approximate surface area is 132 Å². The van der Waals surface area contributed by atoms with Crippen LogP contribution in [0.1, 0.15) is 26.7 Å². The van der Waals surface area contributed by atoms with Gasteiger partial charge in [0.15, 0.2) is 0 Å². The summed E-state index contributed by atoms with van der Waals surface area (Å²) in [5.41, 5.74) is 0. The molecule has 5 nitrogen and oxygen atoms in total. The van der Waals surface area contributed by atoms with Crippen molar-refractivity contribution in [1.82, 2.24) is 9.62 Å². The van der Waals surface area contributed by atoms with E-state index in [1.807, 2.05) is 13.8 Å². The van der Waals surface area contributed by atoms with Gasteiger partial charge in [0.1, 0.15) is 4.21 Å². The summed E-state index contributed by atoms with van der Waals surface area (Å²) in [6.07, 6.45) is 1.72. The third-order valence-corrected chi connectivity index (χ3v) is 6.08. The Morgan fingerprint density at radius 2 is 1.90 bits per heavy atom. The highest BCUT2D eigenvalue weighted by molar-refractivity contribution is 9.11. The number of amides is 1. The standard InChI is InChI=1S/C12H19BrN2O3S2/c1-3-7-15(8-4-2)11(16)9-14-20(17,18)12-6-5-10(13)19-12/h5-6,14H,3-4,7-9H2,1-2H3. The van der Waals surface area contributed by atoms with E-state index in [4.69, 9.17) is 0 Å². The fourth-order valence-electron chi connectivity index (χ4n) is 1.68. The van der Waals surface area contributed by atoms with Crippen LogP contribution in [0.3, 0.4) is 0 Å². The normalized spacial score (nSPS) is 11.6. The second kappa shape index (κ2) is 8.11. The first kappa shape index (κ1) is 17.6. The van der Waals surface area contributed by atoms with E-state index in [2.05, 4.69) is 20.7 Å². The maximum Gasteiger partial charge on any atom is 0.250 e. The van der Waals surface area contributed by atoms with Crippen LogP contribution in [0.5, 0.6) is 0 Å². The predicted molar refractivity (Wildman–Crippen MR) is 84.4 cm³/mol. The van der Waals surface area contributed by atoms with Gasteiger partial charge in [-0.1, -0.05) is 13.8 Å². The molecule has 0 radical (unpaired) electrons. The van der Waals surface area contributed by atoms with Crippen LogP contribution in [0, 0.1) is 0 Å². The lowest BCUT2D eigenvalue weighted by Crippen LogP contribution is -2.40. The van der Waals surface area contributed by atoms with Crippen LogP contribution in [0.15, 0.2) is 20.1 Å². The van der Waals surface area contributed by atoms with Gasteiger partial charge < -0.3 is 4.90 Å². The van der Waals surface area contributed by atoms with E-state index in [1.165, 1.54) is 6.07 Å². The third kappa shape index (κ3) is 5.16. The van der Waals surface area contributed by atoms with Crippen molar-refractivity contribution in [2.24, 2.45) is 0 Å². The first-order valence-electron chi connectivity index (χ1n) is 6.43. The number of thiophene rings is 1. The maximum atomic E-state index is 12.0. The number of rotatable bonds is 8. The molecule has 114 valence electrons.